The van der Waals surface area contributed by atoms with Crippen LogP contribution >= 0.6 is 11.3 Å². The molecule has 1 unspecified atom stereocenters. The molecule has 1 aromatic heterocycles. The van der Waals surface area contributed by atoms with E-state index in [-0.39, 0.29) is 24.8 Å². The maximum atomic E-state index is 12.2. The summed E-state index contributed by atoms with van der Waals surface area (Å²) in [5.74, 6) is -0.252. The molecule has 1 aromatic rings. The van der Waals surface area contributed by atoms with Crippen molar-refractivity contribution in [1.82, 2.24) is 9.21 Å². The number of thiophene rings is 1. The Balaban J connectivity index is 2.49. The Bertz CT molecular complexity index is 635. The van der Waals surface area contributed by atoms with Crippen LogP contribution < -0.4 is 0 Å². The Kier molecular flexibility index (Phi) is 7.68. The molecule has 1 rings (SSSR count). The molecule has 0 N–H and O–H groups in total. The second kappa shape index (κ2) is 9.01. The number of sulfonamides is 1. The van der Waals surface area contributed by atoms with Crippen molar-refractivity contribution in [2.75, 3.05) is 26.7 Å². The zero-order valence-electron chi connectivity index (χ0n) is 13.7. The van der Waals surface area contributed by atoms with E-state index >= 15 is 0 Å². The van der Waals surface area contributed by atoms with Crippen LogP contribution in [-0.4, -0.2) is 50.2 Å². The molecule has 1 atom stereocenters. The highest BCUT2D eigenvalue weighted by atomic mass is 32.2. The van der Waals surface area contributed by atoms with E-state index in [0.29, 0.717) is 23.7 Å². The number of hydrogen-bond donors (Lipinski definition) is 0. The van der Waals surface area contributed by atoms with Crippen LogP contribution in [0.3, 0.4) is 0 Å². The number of hydrogen-bond acceptors (Lipinski definition) is 5. The molecule has 0 aliphatic carbocycles. The molecule has 0 radical (unpaired) electrons. The first-order chi connectivity index (χ1) is 10.8. The minimum atomic E-state index is -3.46. The SMILES string of the molecule is CCN(CC(C)C#N)C(=O)CCCN(C)S(=O)(=O)c1cccs1. The van der Waals surface area contributed by atoms with Gasteiger partial charge in [-0.15, -0.1) is 11.3 Å². The zero-order valence-corrected chi connectivity index (χ0v) is 15.4. The minimum Gasteiger partial charge on any atom is -0.342 e. The third-order valence-electron chi connectivity index (χ3n) is 3.47. The van der Waals surface area contributed by atoms with E-state index in [1.807, 2.05) is 6.92 Å². The first-order valence-corrected chi connectivity index (χ1v) is 9.82. The van der Waals surface area contributed by atoms with Crippen molar-refractivity contribution in [3.05, 3.63) is 17.5 Å². The van der Waals surface area contributed by atoms with Crippen LogP contribution in [0.25, 0.3) is 0 Å². The number of carbonyl (C=O) groups excluding carboxylic acids is 1. The van der Waals surface area contributed by atoms with Gasteiger partial charge in [0.05, 0.1) is 12.0 Å². The van der Waals surface area contributed by atoms with Gasteiger partial charge in [-0.3, -0.25) is 4.79 Å². The lowest BCUT2D eigenvalue weighted by atomic mass is 10.2. The number of rotatable bonds is 9. The molecule has 1 heterocycles. The molecule has 0 saturated heterocycles. The molecule has 0 aromatic carbocycles. The van der Waals surface area contributed by atoms with Crippen molar-refractivity contribution in [2.24, 2.45) is 5.92 Å². The van der Waals surface area contributed by atoms with Gasteiger partial charge >= 0.3 is 0 Å². The molecule has 0 aliphatic heterocycles. The van der Waals surface area contributed by atoms with Gasteiger partial charge in [0.25, 0.3) is 10.0 Å². The van der Waals surface area contributed by atoms with Gasteiger partial charge in [0.2, 0.25) is 5.91 Å². The van der Waals surface area contributed by atoms with E-state index in [9.17, 15) is 13.2 Å². The van der Waals surface area contributed by atoms with Gasteiger partial charge < -0.3 is 4.90 Å². The van der Waals surface area contributed by atoms with E-state index in [4.69, 9.17) is 5.26 Å². The van der Waals surface area contributed by atoms with Crippen LogP contribution in [0, 0.1) is 17.2 Å². The minimum absolute atomic E-state index is 0.0449. The largest absolute Gasteiger partial charge is 0.342 e. The Morgan fingerprint density at radius 3 is 2.70 bits per heavy atom. The third-order valence-corrected chi connectivity index (χ3v) is 6.70. The predicted molar refractivity (Wildman–Crippen MR) is 90.4 cm³/mol. The summed E-state index contributed by atoms with van der Waals surface area (Å²) in [7, 11) is -1.94. The highest BCUT2D eigenvalue weighted by Gasteiger charge is 2.22. The molecule has 23 heavy (non-hydrogen) atoms. The summed E-state index contributed by atoms with van der Waals surface area (Å²) in [6.45, 7) is 4.90. The normalized spacial score (nSPS) is 12.8. The maximum Gasteiger partial charge on any atom is 0.252 e. The predicted octanol–water partition coefficient (Wildman–Crippen LogP) is 2.16. The molecule has 0 aliphatic rings. The van der Waals surface area contributed by atoms with E-state index in [0.717, 1.165) is 0 Å². The molecule has 8 heteroatoms. The zero-order chi connectivity index (χ0) is 17.5. The number of amides is 1. The first kappa shape index (κ1) is 19.6. The van der Waals surface area contributed by atoms with E-state index in [1.165, 1.54) is 22.7 Å². The molecule has 0 fully saturated rings. The molecule has 6 nitrogen and oxygen atoms in total. The molecular formula is C15H23N3O3S2. The van der Waals surface area contributed by atoms with Crippen LogP contribution in [0.2, 0.25) is 0 Å². The summed E-state index contributed by atoms with van der Waals surface area (Å²) in [6, 6.07) is 5.39. The first-order valence-electron chi connectivity index (χ1n) is 7.50. The Morgan fingerprint density at radius 2 is 2.17 bits per heavy atom. The topological polar surface area (TPSA) is 81.5 Å². The van der Waals surface area contributed by atoms with Crippen molar-refractivity contribution in [1.29, 1.82) is 5.26 Å². The molecule has 0 saturated carbocycles. The lowest BCUT2D eigenvalue weighted by molar-refractivity contribution is -0.131. The smallest absolute Gasteiger partial charge is 0.252 e. The van der Waals surface area contributed by atoms with Crippen LogP contribution in [0.1, 0.15) is 26.7 Å². The summed E-state index contributed by atoms with van der Waals surface area (Å²) in [6.07, 6.45) is 0.730. The molecule has 0 bridgehead atoms. The quantitative estimate of drug-likeness (QED) is 0.678. The van der Waals surface area contributed by atoms with Crippen molar-refractivity contribution in [3.63, 3.8) is 0 Å². The fraction of sp³-hybridized carbons (Fsp3) is 0.600. The average Bonchev–Trinajstić information content (AvgIpc) is 3.06. The van der Waals surface area contributed by atoms with E-state index in [2.05, 4.69) is 6.07 Å². The molecule has 1 amide bonds. The highest BCUT2D eigenvalue weighted by molar-refractivity contribution is 7.91. The number of nitrogens with zero attached hydrogens (tertiary/aromatic N) is 3. The summed E-state index contributed by atoms with van der Waals surface area (Å²) >= 11 is 1.18. The van der Waals surface area contributed by atoms with Crippen LogP contribution in [0.5, 0.6) is 0 Å². The van der Waals surface area contributed by atoms with E-state index < -0.39 is 10.0 Å². The lowest BCUT2D eigenvalue weighted by Gasteiger charge is -2.22. The monoisotopic (exact) mass is 357 g/mol. The Labute approximate surface area is 142 Å². The van der Waals surface area contributed by atoms with Gasteiger partial charge in [-0.25, -0.2) is 12.7 Å². The third kappa shape index (κ3) is 5.61. The summed E-state index contributed by atoms with van der Waals surface area (Å²) in [5, 5.41) is 10.6. The Morgan fingerprint density at radius 1 is 1.48 bits per heavy atom. The number of nitriles is 1. The van der Waals surface area contributed by atoms with Gasteiger partial charge in [-0.05, 0) is 31.7 Å². The maximum absolute atomic E-state index is 12.2. The highest BCUT2D eigenvalue weighted by Crippen LogP contribution is 2.20. The number of carbonyl (C=O) groups is 1. The van der Waals surface area contributed by atoms with Crippen LogP contribution in [-0.2, 0) is 14.8 Å². The molecule has 0 spiro atoms. The summed E-state index contributed by atoms with van der Waals surface area (Å²) in [5.41, 5.74) is 0. The van der Waals surface area contributed by atoms with Gasteiger partial charge in [-0.1, -0.05) is 6.07 Å². The second-order valence-corrected chi connectivity index (χ2v) is 8.54. The van der Waals surface area contributed by atoms with Gasteiger partial charge in [0.1, 0.15) is 4.21 Å². The van der Waals surface area contributed by atoms with Crippen molar-refractivity contribution in [2.45, 2.75) is 30.9 Å². The lowest BCUT2D eigenvalue weighted by Crippen LogP contribution is -2.35. The summed E-state index contributed by atoms with van der Waals surface area (Å²) in [4.78, 5) is 13.8. The van der Waals surface area contributed by atoms with Crippen molar-refractivity contribution < 1.29 is 13.2 Å². The van der Waals surface area contributed by atoms with Crippen LogP contribution in [0.15, 0.2) is 21.7 Å². The van der Waals surface area contributed by atoms with Gasteiger partial charge in [0, 0.05) is 33.1 Å². The van der Waals surface area contributed by atoms with Crippen LogP contribution in [0.4, 0.5) is 0 Å². The molecular weight excluding hydrogens is 334 g/mol. The molecule has 128 valence electrons. The fourth-order valence-electron chi connectivity index (χ4n) is 2.07. The second-order valence-electron chi connectivity index (χ2n) is 5.32. The van der Waals surface area contributed by atoms with E-state index in [1.54, 1.807) is 29.3 Å². The fourth-order valence-corrected chi connectivity index (χ4v) is 4.48. The average molecular weight is 358 g/mol. The van der Waals surface area contributed by atoms with Crippen molar-refractivity contribution >= 4 is 27.3 Å². The van der Waals surface area contributed by atoms with Gasteiger partial charge in [0.15, 0.2) is 0 Å². The van der Waals surface area contributed by atoms with Crippen molar-refractivity contribution in [3.8, 4) is 6.07 Å². The summed E-state index contributed by atoms with van der Waals surface area (Å²) < 4.78 is 26.1. The Hall–Kier alpha value is -1.43. The standard InChI is InChI=1S/C15H23N3O3S2/c1-4-18(12-13(2)11-16)14(19)7-5-9-17(3)23(20,21)15-8-6-10-22-15/h6,8,10,13H,4-5,7,9,12H2,1-3H3. The van der Waals surface area contributed by atoms with Gasteiger partial charge in [-0.2, -0.15) is 5.26 Å².